The lowest BCUT2D eigenvalue weighted by Crippen LogP contribution is -2.91. The summed E-state index contributed by atoms with van der Waals surface area (Å²) in [7, 11) is 0. The molecular weight excluding hydrogens is 210 g/mol. The van der Waals surface area contributed by atoms with Crippen LogP contribution in [-0.4, -0.2) is 18.2 Å². The van der Waals surface area contributed by atoms with Gasteiger partial charge in [-0.25, -0.2) is 0 Å². The third-order valence-corrected chi connectivity index (χ3v) is 3.62. The van der Waals surface area contributed by atoms with Gasteiger partial charge in [-0.1, -0.05) is 30.3 Å². The van der Waals surface area contributed by atoms with Crippen molar-refractivity contribution in [3.05, 3.63) is 35.9 Å². The predicted molar refractivity (Wildman–Crippen MR) is 69.8 cm³/mol. The van der Waals surface area contributed by atoms with Gasteiger partial charge in [-0.15, -0.1) is 0 Å². The summed E-state index contributed by atoms with van der Waals surface area (Å²) >= 11 is 0. The quantitative estimate of drug-likeness (QED) is 0.853. The van der Waals surface area contributed by atoms with E-state index in [1.807, 2.05) is 0 Å². The fourth-order valence-electron chi connectivity index (χ4n) is 2.72. The average Bonchev–Trinajstić information content (AvgIpc) is 2.29. The van der Waals surface area contributed by atoms with Gasteiger partial charge in [0.1, 0.15) is 6.04 Å². The Morgan fingerprint density at radius 3 is 2.65 bits per heavy atom. The van der Waals surface area contributed by atoms with E-state index in [0.29, 0.717) is 12.1 Å². The van der Waals surface area contributed by atoms with Crippen molar-refractivity contribution in [3.8, 4) is 0 Å². The first kappa shape index (κ1) is 12.6. The van der Waals surface area contributed by atoms with Crippen molar-refractivity contribution in [2.45, 2.75) is 51.3 Å². The van der Waals surface area contributed by atoms with Gasteiger partial charge in [0.2, 0.25) is 0 Å². The summed E-state index contributed by atoms with van der Waals surface area (Å²) in [5.41, 5.74) is 1.47. The van der Waals surface area contributed by atoms with Crippen molar-refractivity contribution in [1.29, 1.82) is 0 Å². The summed E-state index contributed by atoms with van der Waals surface area (Å²) in [6, 6.07) is 12.0. The number of quaternary nitrogens is 1. The molecule has 2 rings (SSSR count). The summed E-state index contributed by atoms with van der Waals surface area (Å²) in [5, 5.41) is 2.50. The largest absolute Gasteiger partial charge is 0.375 e. The molecule has 1 fully saturated rings. The Morgan fingerprint density at radius 1 is 1.29 bits per heavy atom. The molecular formula is C15H24NO+. The number of benzene rings is 1. The minimum atomic E-state index is 0.0514. The molecule has 2 nitrogen and oxygen atoms in total. The lowest BCUT2D eigenvalue weighted by atomic mass is 9.93. The van der Waals surface area contributed by atoms with Crippen molar-refractivity contribution in [1.82, 2.24) is 0 Å². The molecule has 0 bridgehead atoms. The Morgan fingerprint density at radius 2 is 2.00 bits per heavy atom. The highest BCUT2D eigenvalue weighted by atomic mass is 16.5. The summed E-state index contributed by atoms with van der Waals surface area (Å²) in [5.74, 6) is 0. The van der Waals surface area contributed by atoms with Gasteiger partial charge in [0.25, 0.3) is 0 Å². The molecule has 2 heteroatoms. The highest BCUT2D eigenvalue weighted by molar-refractivity contribution is 5.16. The van der Waals surface area contributed by atoms with Gasteiger partial charge < -0.3 is 10.1 Å². The van der Waals surface area contributed by atoms with Crippen molar-refractivity contribution in [2.75, 3.05) is 6.61 Å². The molecule has 17 heavy (non-hydrogen) atoms. The second-order valence-electron chi connectivity index (χ2n) is 5.75. The van der Waals surface area contributed by atoms with E-state index in [2.05, 4.69) is 56.4 Å². The lowest BCUT2D eigenvalue weighted by Gasteiger charge is -2.35. The van der Waals surface area contributed by atoms with Crippen LogP contribution in [0, 0.1) is 0 Å². The first-order valence-corrected chi connectivity index (χ1v) is 6.61. The van der Waals surface area contributed by atoms with Gasteiger partial charge in [-0.2, -0.15) is 0 Å². The van der Waals surface area contributed by atoms with Gasteiger partial charge in [0.05, 0.1) is 18.2 Å². The van der Waals surface area contributed by atoms with Gasteiger partial charge >= 0.3 is 0 Å². The Balaban J connectivity index is 1.93. The van der Waals surface area contributed by atoms with Crippen molar-refractivity contribution < 1.29 is 10.1 Å². The van der Waals surface area contributed by atoms with Gasteiger partial charge in [-0.05, 0) is 20.8 Å². The third kappa shape index (κ3) is 3.55. The molecule has 1 heterocycles. The van der Waals surface area contributed by atoms with E-state index >= 15 is 0 Å². The SMILES string of the molecule is C[C@H]([NH2+][C@@H]1CCOC(C)(C)C1)c1ccccc1. The lowest BCUT2D eigenvalue weighted by molar-refractivity contribution is -0.729. The highest BCUT2D eigenvalue weighted by Gasteiger charge is 2.31. The monoisotopic (exact) mass is 234 g/mol. The molecule has 1 aliphatic rings. The molecule has 0 amide bonds. The van der Waals surface area contributed by atoms with E-state index in [1.165, 1.54) is 12.0 Å². The summed E-state index contributed by atoms with van der Waals surface area (Å²) in [6.07, 6.45) is 2.31. The summed E-state index contributed by atoms with van der Waals surface area (Å²) in [6.45, 7) is 7.58. The number of ether oxygens (including phenoxy) is 1. The van der Waals surface area contributed by atoms with E-state index in [4.69, 9.17) is 4.74 Å². The zero-order valence-electron chi connectivity index (χ0n) is 11.1. The van der Waals surface area contributed by atoms with Crippen LogP contribution in [0.5, 0.6) is 0 Å². The summed E-state index contributed by atoms with van der Waals surface area (Å²) in [4.78, 5) is 0. The standard InChI is InChI=1S/C15H23NO/c1-12(13-7-5-4-6-8-13)16-14-9-10-17-15(2,3)11-14/h4-8,12,14,16H,9-11H2,1-3H3/p+1/t12-,14+/m0/s1. The highest BCUT2D eigenvalue weighted by Crippen LogP contribution is 2.22. The van der Waals surface area contributed by atoms with Crippen LogP contribution in [0.15, 0.2) is 30.3 Å². The topological polar surface area (TPSA) is 25.8 Å². The second kappa shape index (κ2) is 5.19. The maximum absolute atomic E-state index is 5.76. The number of nitrogens with two attached hydrogens (primary N) is 1. The zero-order valence-corrected chi connectivity index (χ0v) is 11.1. The van der Waals surface area contributed by atoms with E-state index in [1.54, 1.807) is 0 Å². The molecule has 94 valence electrons. The zero-order chi connectivity index (χ0) is 12.3. The molecule has 0 unspecified atom stereocenters. The number of hydrogen-bond donors (Lipinski definition) is 1. The average molecular weight is 234 g/mol. The Hall–Kier alpha value is -0.860. The van der Waals surface area contributed by atoms with Crippen molar-refractivity contribution in [3.63, 3.8) is 0 Å². The third-order valence-electron chi connectivity index (χ3n) is 3.62. The van der Waals surface area contributed by atoms with E-state index in [-0.39, 0.29) is 5.60 Å². The van der Waals surface area contributed by atoms with Gasteiger partial charge in [0.15, 0.2) is 0 Å². The molecule has 2 atom stereocenters. The first-order valence-electron chi connectivity index (χ1n) is 6.61. The maximum atomic E-state index is 5.76. The Bertz CT molecular complexity index is 347. The molecule has 0 spiro atoms. The van der Waals surface area contributed by atoms with Gasteiger partial charge in [0, 0.05) is 18.4 Å². The smallest absolute Gasteiger partial charge is 0.109 e. The van der Waals surface area contributed by atoms with Crippen LogP contribution in [0.2, 0.25) is 0 Å². The fraction of sp³-hybridized carbons (Fsp3) is 0.600. The molecule has 1 saturated heterocycles. The number of hydrogen-bond acceptors (Lipinski definition) is 1. The van der Waals surface area contributed by atoms with E-state index < -0.39 is 0 Å². The molecule has 1 aliphatic heterocycles. The second-order valence-corrected chi connectivity index (χ2v) is 5.75. The van der Waals surface area contributed by atoms with Crippen LogP contribution >= 0.6 is 0 Å². The molecule has 0 radical (unpaired) electrons. The van der Waals surface area contributed by atoms with Crippen LogP contribution in [0.1, 0.15) is 45.2 Å². The normalized spacial score (nSPS) is 25.5. The molecule has 1 aromatic carbocycles. The van der Waals surface area contributed by atoms with Crippen molar-refractivity contribution >= 4 is 0 Å². The fourth-order valence-corrected chi connectivity index (χ4v) is 2.72. The van der Waals surface area contributed by atoms with E-state index in [0.717, 1.165) is 13.0 Å². The summed E-state index contributed by atoms with van der Waals surface area (Å²) < 4.78 is 5.76. The Labute approximate surface area is 104 Å². The minimum Gasteiger partial charge on any atom is -0.375 e. The van der Waals surface area contributed by atoms with Gasteiger partial charge in [-0.3, -0.25) is 0 Å². The van der Waals surface area contributed by atoms with Crippen LogP contribution in [0.3, 0.4) is 0 Å². The van der Waals surface area contributed by atoms with Crippen LogP contribution in [0.25, 0.3) is 0 Å². The molecule has 0 aliphatic carbocycles. The molecule has 0 saturated carbocycles. The first-order chi connectivity index (χ1) is 8.07. The molecule has 0 aromatic heterocycles. The Kier molecular flexibility index (Phi) is 3.85. The minimum absolute atomic E-state index is 0.0514. The van der Waals surface area contributed by atoms with E-state index in [9.17, 15) is 0 Å². The van der Waals surface area contributed by atoms with Crippen LogP contribution in [0.4, 0.5) is 0 Å². The van der Waals surface area contributed by atoms with Crippen LogP contribution in [-0.2, 0) is 4.74 Å². The van der Waals surface area contributed by atoms with Crippen LogP contribution < -0.4 is 5.32 Å². The molecule has 1 aromatic rings. The van der Waals surface area contributed by atoms with Crippen molar-refractivity contribution in [2.24, 2.45) is 0 Å². The molecule has 2 N–H and O–H groups in total. The number of rotatable bonds is 3. The predicted octanol–water partition coefficient (Wildman–Crippen LogP) is 2.27. The maximum Gasteiger partial charge on any atom is 0.109 e.